The predicted octanol–water partition coefficient (Wildman–Crippen LogP) is 5.19. The van der Waals surface area contributed by atoms with Gasteiger partial charge >= 0.3 is 0 Å². The van der Waals surface area contributed by atoms with Gasteiger partial charge in [-0.1, -0.05) is 51.8 Å². The molecule has 1 aliphatic heterocycles. The summed E-state index contributed by atoms with van der Waals surface area (Å²) in [6.07, 6.45) is 3.40. The second-order valence-electron chi connectivity index (χ2n) is 9.15. The first-order valence-corrected chi connectivity index (χ1v) is 11.3. The summed E-state index contributed by atoms with van der Waals surface area (Å²) in [5.41, 5.74) is 3.40. The first-order chi connectivity index (χ1) is 13.2. The Morgan fingerprint density at radius 3 is 2.43 bits per heavy atom. The van der Waals surface area contributed by atoms with Crippen LogP contribution in [0, 0.1) is 12.8 Å². The summed E-state index contributed by atoms with van der Waals surface area (Å²) < 4.78 is 0. The lowest BCUT2D eigenvalue weighted by Crippen LogP contribution is -2.52. The molecule has 1 heterocycles. The van der Waals surface area contributed by atoms with Crippen molar-refractivity contribution in [1.82, 2.24) is 9.80 Å². The Labute approximate surface area is 173 Å². The molecule has 0 N–H and O–H groups in total. The number of Topliss-reactive ketones (excluding diaryl/α,β-unsaturated/α-hetero) is 1. The third-order valence-electron chi connectivity index (χ3n) is 7.28. The number of hydrogen-bond acceptors (Lipinski definition) is 3. The van der Waals surface area contributed by atoms with Crippen molar-refractivity contribution in [2.45, 2.75) is 85.7 Å². The van der Waals surface area contributed by atoms with Gasteiger partial charge in [-0.05, 0) is 56.7 Å². The third kappa shape index (κ3) is 5.24. The van der Waals surface area contributed by atoms with E-state index >= 15 is 0 Å². The minimum absolute atomic E-state index is 0.263. The predicted molar refractivity (Wildman–Crippen MR) is 120 cm³/mol. The molecule has 2 atom stereocenters. The van der Waals surface area contributed by atoms with Crippen LogP contribution in [0.15, 0.2) is 18.2 Å². The van der Waals surface area contributed by atoms with Crippen molar-refractivity contribution in [1.29, 1.82) is 0 Å². The van der Waals surface area contributed by atoms with Crippen molar-refractivity contribution in [3.63, 3.8) is 0 Å². The molecule has 1 aromatic carbocycles. The lowest BCUT2D eigenvalue weighted by atomic mass is 9.74. The first kappa shape index (κ1) is 23.1. The van der Waals surface area contributed by atoms with E-state index in [0.29, 0.717) is 6.04 Å². The van der Waals surface area contributed by atoms with Gasteiger partial charge in [0, 0.05) is 38.8 Å². The van der Waals surface area contributed by atoms with Crippen molar-refractivity contribution in [2.24, 2.45) is 5.92 Å². The molecule has 3 heteroatoms. The molecule has 1 aliphatic rings. The number of piperazine rings is 1. The fourth-order valence-corrected chi connectivity index (χ4v) is 4.61. The molecular formula is C25H42N2O. The number of rotatable bonds is 9. The third-order valence-corrected chi connectivity index (χ3v) is 7.28. The van der Waals surface area contributed by atoms with Gasteiger partial charge in [0.2, 0.25) is 0 Å². The van der Waals surface area contributed by atoms with Crippen molar-refractivity contribution < 1.29 is 4.79 Å². The zero-order valence-corrected chi connectivity index (χ0v) is 19.3. The molecule has 1 saturated heterocycles. The lowest BCUT2D eigenvalue weighted by molar-refractivity contribution is -0.122. The minimum Gasteiger partial charge on any atom is -0.299 e. The summed E-state index contributed by atoms with van der Waals surface area (Å²) in [6, 6.07) is 7.35. The Morgan fingerprint density at radius 1 is 1.21 bits per heavy atom. The lowest BCUT2D eigenvalue weighted by Gasteiger charge is -2.41. The molecule has 2 rings (SSSR count). The second-order valence-corrected chi connectivity index (χ2v) is 9.15. The van der Waals surface area contributed by atoms with Gasteiger partial charge in [0.25, 0.3) is 0 Å². The Morgan fingerprint density at radius 2 is 1.89 bits per heavy atom. The summed E-state index contributed by atoms with van der Waals surface area (Å²) in [6.45, 7) is 20.7. The molecule has 1 aromatic rings. The van der Waals surface area contributed by atoms with Crippen LogP contribution >= 0.6 is 0 Å². The number of carbonyl (C=O) groups excluding carboxylic acids is 1. The number of aryl methyl sites for hydroxylation is 1. The van der Waals surface area contributed by atoms with E-state index in [1.165, 1.54) is 36.1 Å². The van der Waals surface area contributed by atoms with Gasteiger partial charge in [0.15, 0.2) is 0 Å². The molecule has 0 spiro atoms. The van der Waals surface area contributed by atoms with Gasteiger partial charge in [-0.25, -0.2) is 0 Å². The van der Waals surface area contributed by atoms with Gasteiger partial charge in [-0.3, -0.25) is 14.6 Å². The van der Waals surface area contributed by atoms with Crippen LogP contribution in [0.1, 0.15) is 77.5 Å². The topological polar surface area (TPSA) is 23.6 Å². The smallest absolute Gasteiger partial charge is 0.140 e. The van der Waals surface area contributed by atoms with Gasteiger partial charge in [0.05, 0.1) is 5.41 Å². The summed E-state index contributed by atoms with van der Waals surface area (Å²) in [4.78, 5) is 17.6. The minimum atomic E-state index is -0.374. The highest BCUT2D eigenvalue weighted by molar-refractivity contribution is 5.88. The van der Waals surface area contributed by atoms with Crippen molar-refractivity contribution in [2.75, 3.05) is 26.2 Å². The Hall–Kier alpha value is -1.19. The Kier molecular flexibility index (Phi) is 8.27. The van der Waals surface area contributed by atoms with E-state index in [4.69, 9.17) is 0 Å². The molecule has 0 bridgehead atoms. The van der Waals surface area contributed by atoms with Crippen molar-refractivity contribution in [3.8, 4) is 0 Å². The Balaban J connectivity index is 2.07. The normalized spacial score (nSPS) is 21.1. The fraction of sp³-hybridized carbons (Fsp3) is 0.720. The molecule has 0 radical (unpaired) electrons. The number of nitrogens with zero attached hydrogens (tertiary/aromatic N) is 2. The highest BCUT2D eigenvalue weighted by Gasteiger charge is 2.32. The SMILES string of the molecule is CCC(CC)CN1CCN(Cc2ccc(C)c(C(C)(CC)C(C)=O)c2)CC1C. The van der Waals surface area contributed by atoms with Crippen LogP contribution in [0.25, 0.3) is 0 Å². The van der Waals surface area contributed by atoms with Crippen LogP contribution in [0.5, 0.6) is 0 Å². The molecule has 158 valence electrons. The van der Waals surface area contributed by atoms with Crippen LogP contribution in [0.2, 0.25) is 0 Å². The standard InChI is InChI=1S/C25H42N2O/c1-8-22(9-2)18-27-14-13-26(16-20(27)5)17-23-12-11-19(4)24(15-23)25(7,10-3)21(6)28/h11-12,15,20,22H,8-10,13-14,16-18H2,1-7H3. The van der Waals surface area contributed by atoms with E-state index in [1.807, 2.05) is 0 Å². The van der Waals surface area contributed by atoms with E-state index in [9.17, 15) is 4.79 Å². The molecule has 3 nitrogen and oxygen atoms in total. The van der Waals surface area contributed by atoms with Gasteiger partial charge in [-0.2, -0.15) is 0 Å². The van der Waals surface area contributed by atoms with Crippen molar-refractivity contribution in [3.05, 3.63) is 34.9 Å². The average Bonchev–Trinajstić information content (AvgIpc) is 2.68. The maximum atomic E-state index is 12.4. The van der Waals surface area contributed by atoms with E-state index in [2.05, 4.69) is 69.5 Å². The first-order valence-electron chi connectivity index (χ1n) is 11.3. The average molecular weight is 387 g/mol. The maximum Gasteiger partial charge on any atom is 0.140 e. The summed E-state index contributed by atoms with van der Waals surface area (Å²) in [5.74, 6) is 1.09. The Bertz CT molecular complexity index is 652. The molecule has 0 aromatic heterocycles. The fourth-order valence-electron chi connectivity index (χ4n) is 4.61. The van der Waals surface area contributed by atoms with E-state index in [-0.39, 0.29) is 11.2 Å². The molecule has 28 heavy (non-hydrogen) atoms. The number of hydrogen-bond donors (Lipinski definition) is 0. The van der Waals surface area contributed by atoms with Crippen LogP contribution in [-0.2, 0) is 16.8 Å². The molecule has 0 aliphatic carbocycles. The number of benzene rings is 1. The van der Waals surface area contributed by atoms with E-state index in [1.54, 1.807) is 6.92 Å². The number of carbonyl (C=O) groups is 1. The zero-order chi connectivity index (χ0) is 20.9. The zero-order valence-electron chi connectivity index (χ0n) is 19.3. The highest BCUT2D eigenvalue weighted by Crippen LogP contribution is 2.32. The highest BCUT2D eigenvalue weighted by atomic mass is 16.1. The molecule has 0 amide bonds. The molecule has 0 saturated carbocycles. The van der Waals surface area contributed by atoms with Crippen LogP contribution in [-0.4, -0.2) is 47.8 Å². The van der Waals surface area contributed by atoms with Gasteiger partial charge in [0.1, 0.15) is 5.78 Å². The van der Waals surface area contributed by atoms with Crippen LogP contribution < -0.4 is 0 Å². The summed E-state index contributed by atoms with van der Waals surface area (Å²) in [5, 5.41) is 0. The number of ketones is 1. The molecule has 2 unspecified atom stereocenters. The largest absolute Gasteiger partial charge is 0.299 e. The quantitative estimate of drug-likeness (QED) is 0.583. The molecule has 1 fully saturated rings. The summed E-state index contributed by atoms with van der Waals surface area (Å²) >= 11 is 0. The summed E-state index contributed by atoms with van der Waals surface area (Å²) in [7, 11) is 0. The van der Waals surface area contributed by atoms with E-state index < -0.39 is 0 Å². The van der Waals surface area contributed by atoms with Crippen LogP contribution in [0.4, 0.5) is 0 Å². The monoisotopic (exact) mass is 386 g/mol. The molecular weight excluding hydrogens is 344 g/mol. The second kappa shape index (κ2) is 10.0. The van der Waals surface area contributed by atoms with Gasteiger partial charge < -0.3 is 0 Å². The van der Waals surface area contributed by atoms with Crippen LogP contribution in [0.3, 0.4) is 0 Å². The van der Waals surface area contributed by atoms with Gasteiger partial charge in [-0.15, -0.1) is 0 Å². The van der Waals surface area contributed by atoms with E-state index in [0.717, 1.165) is 38.5 Å². The maximum absolute atomic E-state index is 12.4. The van der Waals surface area contributed by atoms with Crippen molar-refractivity contribution >= 4 is 5.78 Å².